The second-order valence-corrected chi connectivity index (χ2v) is 7.02. The molecule has 1 heterocycles. The normalized spacial score (nSPS) is 13.3. The van der Waals surface area contributed by atoms with Gasteiger partial charge in [-0.25, -0.2) is 8.42 Å². The number of aliphatic hydroxyl groups excluding tert-OH is 1. The summed E-state index contributed by atoms with van der Waals surface area (Å²) in [6.07, 6.45) is -4.59. The average molecular weight is 303 g/mol. The molecular formula is C9H12F3NO3S2. The third-order valence-corrected chi connectivity index (χ3v) is 5.26. The lowest BCUT2D eigenvalue weighted by molar-refractivity contribution is -0.134. The van der Waals surface area contributed by atoms with Gasteiger partial charge in [0.2, 0.25) is 10.0 Å². The first-order chi connectivity index (χ1) is 8.08. The SMILES string of the molecule is Cc1sc(CO)cc1S(=O)(=O)N(C)CC(F)(F)F. The number of thiophene rings is 1. The Kier molecular flexibility index (Phi) is 4.42. The summed E-state index contributed by atoms with van der Waals surface area (Å²) in [6, 6.07) is 1.20. The van der Waals surface area contributed by atoms with Crippen molar-refractivity contribution in [3.8, 4) is 0 Å². The van der Waals surface area contributed by atoms with Gasteiger partial charge in [-0.3, -0.25) is 0 Å². The first-order valence-corrected chi connectivity index (χ1v) is 7.07. The molecule has 0 unspecified atom stereocenters. The van der Waals surface area contributed by atoms with Crippen LogP contribution in [0, 0.1) is 6.92 Å². The Labute approximate surface area is 107 Å². The zero-order valence-electron chi connectivity index (χ0n) is 9.65. The molecule has 4 nitrogen and oxygen atoms in total. The highest BCUT2D eigenvalue weighted by molar-refractivity contribution is 7.89. The van der Waals surface area contributed by atoms with Crippen molar-refractivity contribution in [2.45, 2.75) is 24.6 Å². The van der Waals surface area contributed by atoms with Gasteiger partial charge in [0, 0.05) is 16.8 Å². The van der Waals surface area contributed by atoms with Crippen molar-refractivity contribution in [3.63, 3.8) is 0 Å². The first-order valence-electron chi connectivity index (χ1n) is 4.81. The minimum Gasteiger partial charge on any atom is -0.391 e. The first kappa shape index (κ1) is 15.4. The van der Waals surface area contributed by atoms with Gasteiger partial charge in [-0.1, -0.05) is 0 Å². The molecule has 0 aliphatic rings. The predicted octanol–water partition coefficient (Wildman–Crippen LogP) is 1.73. The Hall–Kier alpha value is -0.640. The van der Waals surface area contributed by atoms with Gasteiger partial charge in [-0.05, 0) is 13.0 Å². The topological polar surface area (TPSA) is 57.6 Å². The van der Waals surface area contributed by atoms with Crippen molar-refractivity contribution in [1.82, 2.24) is 4.31 Å². The maximum Gasteiger partial charge on any atom is 0.402 e. The van der Waals surface area contributed by atoms with Crippen LogP contribution in [-0.4, -0.2) is 37.6 Å². The molecule has 0 amide bonds. The maximum absolute atomic E-state index is 12.2. The van der Waals surface area contributed by atoms with Crippen LogP contribution in [0.1, 0.15) is 9.75 Å². The summed E-state index contributed by atoms with van der Waals surface area (Å²) < 4.78 is 60.6. The molecule has 0 atom stereocenters. The van der Waals surface area contributed by atoms with E-state index in [9.17, 15) is 21.6 Å². The van der Waals surface area contributed by atoms with Crippen LogP contribution >= 0.6 is 11.3 Å². The number of nitrogens with zero attached hydrogens (tertiary/aromatic N) is 1. The Morgan fingerprint density at radius 3 is 2.39 bits per heavy atom. The lowest BCUT2D eigenvalue weighted by Gasteiger charge is -2.18. The van der Waals surface area contributed by atoms with E-state index >= 15 is 0 Å². The summed E-state index contributed by atoms with van der Waals surface area (Å²) >= 11 is 1.04. The van der Waals surface area contributed by atoms with E-state index in [0.717, 1.165) is 18.4 Å². The molecule has 0 saturated carbocycles. The largest absolute Gasteiger partial charge is 0.402 e. The number of hydrogen-bond acceptors (Lipinski definition) is 4. The smallest absolute Gasteiger partial charge is 0.391 e. The van der Waals surface area contributed by atoms with Gasteiger partial charge in [0.05, 0.1) is 11.5 Å². The second kappa shape index (κ2) is 5.16. The third-order valence-electron chi connectivity index (χ3n) is 2.17. The van der Waals surface area contributed by atoms with Gasteiger partial charge < -0.3 is 5.11 Å². The molecule has 0 bridgehead atoms. The van der Waals surface area contributed by atoms with Crippen LogP contribution < -0.4 is 0 Å². The number of rotatable bonds is 4. The lowest BCUT2D eigenvalue weighted by atomic mass is 10.4. The molecule has 0 spiro atoms. The minimum absolute atomic E-state index is 0.191. The fraction of sp³-hybridized carbons (Fsp3) is 0.556. The van der Waals surface area contributed by atoms with Crippen molar-refractivity contribution in [3.05, 3.63) is 15.8 Å². The highest BCUT2D eigenvalue weighted by Gasteiger charge is 2.35. The standard InChI is InChI=1S/C9H12F3NO3S2/c1-6-8(3-7(4-14)17-6)18(15,16)13(2)5-9(10,11)12/h3,14H,4-5H2,1-2H3. The van der Waals surface area contributed by atoms with Crippen LogP contribution in [0.5, 0.6) is 0 Å². The monoisotopic (exact) mass is 303 g/mol. The molecule has 1 aromatic heterocycles. The van der Waals surface area contributed by atoms with Gasteiger partial charge in [-0.2, -0.15) is 17.5 Å². The zero-order valence-corrected chi connectivity index (χ0v) is 11.3. The van der Waals surface area contributed by atoms with Gasteiger partial charge in [-0.15, -0.1) is 11.3 Å². The van der Waals surface area contributed by atoms with Crippen LogP contribution in [0.2, 0.25) is 0 Å². The van der Waals surface area contributed by atoms with Gasteiger partial charge in [0.1, 0.15) is 6.54 Å². The summed E-state index contributed by atoms with van der Waals surface area (Å²) in [5.41, 5.74) is 0. The van der Waals surface area contributed by atoms with Gasteiger partial charge in [0.15, 0.2) is 0 Å². The van der Waals surface area contributed by atoms with Gasteiger partial charge in [0.25, 0.3) is 0 Å². The molecule has 0 aliphatic heterocycles. The Balaban J connectivity index is 3.09. The molecule has 104 valence electrons. The Morgan fingerprint density at radius 1 is 1.44 bits per heavy atom. The molecule has 1 rings (SSSR count). The number of hydrogen-bond donors (Lipinski definition) is 1. The third kappa shape index (κ3) is 3.44. The lowest BCUT2D eigenvalue weighted by Crippen LogP contribution is -2.35. The summed E-state index contributed by atoms with van der Waals surface area (Å²) in [5.74, 6) is 0. The van der Waals surface area contributed by atoms with E-state index in [2.05, 4.69) is 0 Å². The molecule has 18 heavy (non-hydrogen) atoms. The molecule has 1 aromatic rings. The molecule has 0 aliphatic carbocycles. The van der Waals surface area contributed by atoms with Crippen LogP contribution in [-0.2, 0) is 16.6 Å². The van der Waals surface area contributed by atoms with Crippen molar-refractivity contribution in [1.29, 1.82) is 0 Å². The fourth-order valence-electron chi connectivity index (χ4n) is 1.36. The molecule has 9 heteroatoms. The number of sulfonamides is 1. The molecule has 0 aromatic carbocycles. The zero-order chi connectivity index (χ0) is 14.1. The van der Waals surface area contributed by atoms with Crippen molar-refractivity contribution < 1.29 is 26.7 Å². The molecule has 0 fully saturated rings. The molecule has 1 N–H and O–H groups in total. The Morgan fingerprint density at radius 2 is 2.00 bits per heavy atom. The summed E-state index contributed by atoms with van der Waals surface area (Å²) in [5, 5.41) is 8.89. The van der Waals surface area contributed by atoms with Crippen LogP contribution in [0.15, 0.2) is 11.0 Å². The Bertz CT molecular complexity index is 522. The highest BCUT2D eigenvalue weighted by Crippen LogP contribution is 2.29. The molecular weight excluding hydrogens is 291 g/mol. The van der Waals surface area contributed by atoms with Gasteiger partial charge >= 0.3 is 6.18 Å². The molecule has 0 radical (unpaired) electrons. The predicted molar refractivity (Wildman–Crippen MR) is 60.8 cm³/mol. The highest BCUT2D eigenvalue weighted by atomic mass is 32.2. The number of alkyl halides is 3. The second-order valence-electron chi connectivity index (χ2n) is 3.67. The van der Waals surface area contributed by atoms with E-state index in [1.807, 2.05) is 0 Å². The minimum atomic E-state index is -4.59. The van der Waals surface area contributed by atoms with E-state index in [1.54, 1.807) is 0 Å². The maximum atomic E-state index is 12.2. The van der Waals surface area contributed by atoms with E-state index in [-0.39, 0.29) is 15.8 Å². The van der Waals surface area contributed by atoms with E-state index < -0.39 is 22.7 Å². The van der Waals surface area contributed by atoms with Crippen molar-refractivity contribution >= 4 is 21.4 Å². The van der Waals surface area contributed by atoms with E-state index in [4.69, 9.17) is 5.11 Å². The number of aryl methyl sites for hydroxylation is 1. The number of aliphatic hydroxyl groups is 1. The summed E-state index contributed by atoms with van der Waals surface area (Å²) in [6.45, 7) is -0.402. The average Bonchev–Trinajstić information content (AvgIpc) is 2.57. The number of halogens is 3. The molecule has 0 saturated heterocycles. The van der Waals surface area contributed by atoms with Crippen LogP contribution in [0.25, 0.3) is 0 Å². The van der Waals surface area contributed by atoms with E-state index in [1.165, 1.54) is 13.0 Å². The van der Waals surface area contributed by atoms with E-state index in [0.29, 0.717) is 9.75 Å². The summed E-state index contributed by atoms with van der Waals surface area (Å²) in [7, 11) is -3.31. The quantitative estimate of drug-likeness (QED) is 0.921. The van der Waals surface area contributed by atoms with Crippen LogP contribution in [0.3, 0.4) is 0 Å². The van der Waals surface area contributed by atoms with Crippen molar-refractivity contribution in [2.75, 3.05) is 13.6 Å². The van der Waals surface area contributed by atoms with Crippen molar-refractivity contribution in [2.24, 2.45) is 0 Å². The van der Waals surface area contributed by atoms with Crippen LogP contribution in [0.4, 0.5) is 13.2 Å². The summed E-state index contributed by atoms with van der Waals surface area (Å²) in [4.78, 5) is 0.558. The fourth-order valence-corrected chi connectivity index (χ4v) is 3.98.